The van der Waals surface area contributed by atoms with Gasteiger partial charge >= 0.3 is 0 Å². The van der Waals surface area contributed by atoms with E-state index in [2.05, 4.69) is 80.2 Å². The van der Waals surface area contributed by atoms with Gasteiger partial charge in [0, 0.05) is 22.7 Å². The van der Waals surface area contributed by atoms with Gasteiger partial charge in [-0.15, -0.1) is 0 Å². The molecule has 2 atom stereocenters. The van der Waals surface area contributed by atoms with Crippen LogP contribution in [0, 0.1) is 0 Å². The second-order valence-electron chi connectivity index (χ2n) is 10.1. The van der Waals surface area contributed by atoms with Gasteiger partial charge in [-0.2, -0.15) is 0 Å². The minimum absolute atomic E-state index is 0.0183. The van der Waals surface area contributed by atoms with Crippen molar-refractivity contribution in [1.82, 2.24) is 25.6 Å². The van der Waals surface area contributed by atoms with Crippen molar-refractivity contribution in [2.24, 2.45) is 0 Å². The highest BCUT2D eigenvalue weighted by Gasteiger charge is 2.20. The highest BCUT2D eigenvalue weighted by molar-refractivity contribution is 5.92. The Morgan fingerprint density at radius 3 is 2.11 bits per heavy atom. The maximum Gasteiger partial charge on any atom is 0.256 e. The number of benzene rings is 3. The fourth-order valence-electron chi connectivity index (χ4n) is 5.77. The number of fused-ring (bicyclic) bond motifs is 2. The molecule has 0 aliphatic carbocycles. The Morgan fingerprint density at radius 1 is 0.694 bits per heavy atom. The average Bonchev–Trinajstić information content (AvgIpc) is 3.70. The number of aromatic amines is 2. The predicted octanol–water partition coefficient (Wildman–Crippen LogP) is 5.59. The first-order chi connectivity index (χ1) is 17.7. The van der Waals surface area contributed by atoms with Crippen molar-refractivity contribution in [3.05, 3.63) is 88.7 Å². The average molecular weight is 476 g/mol. The zero-order valence-corrected chi connectivity index (χ0v) is 20.1. The molecule has 4 N–H and O–H groups in total. The zero-order chi connectivity index (χ0) is 24.1. The van der Waals surface area contributed by atoms with Gasteiger partial charge < -0.3 is 20.6 Å². The molecule has 7 rings (SSSR count). The Labute approximate surface area is 209 Å². The van der Waals surface area contributed by atoms with E-state index in [0.29, 0.717) is 6.04 Å². The zero-order valence-electron chi connectivity index (χ0n) is 20.1. The van der Waals surface area contributed by atoms with Gasteiger partial charge in [0.05, 0.1) is 17.9 Å². The van der Waals surface area contributed by atoms with Crippen molar-refractivity contribution in [2.45, 2.75) is 37.8 Å². The molecule has 36 heavy (non-hydrogen) atoms. The molecular weight excluding hydrogens is 446 g/mol. The highest BCUT2D eigenvalue weighted by atomic mass is 16.1. The van der Waals surface area contributed by atoms with Crippen LogP contribution in [-0.4, -0.2) is 28.0 Å². The Morgan fingerprint density at radius 2 is 1.36 bits per heavy atom. The van der Waals surface area contributed by atoms with E-state index in [1.165, 1.54) is 17.2 Å². The van der Waals surface area contributed by atoms with E-state index in [-0.39, 0.29) is 11.6 Å². The van der Waals surface area contributed by atoms with Crippen molar-refractivity contribution in [2.75, 3.05) is 13.1 Å². The predicted molar refractivity (Wildman–Crippen MR) is 145 cm³/mol. The largest absolute Gasteiger partial charge is 0.341 e. The number of rotatable bonds is 4. The molecule has 0 spiro atoms. The molecular formula is C30H29N5O. The Balaban J connectivity index is 1.20. The molecule has 0 radical (unpaired) electrons. The fraction of sp³-hybridized carbons (Fsp3) is 0.267. The van der Waals surface area contributed by atoms with Gasteiger partial charge in [0.15, 0.2) is 0 Å². The summed E-state index contributed by atoms with van der Waals surface area (Å²) in [6.07, 6.45) is 6.48. The lowest BCUT2D eigenvalue weighted by Crippen LogP contribution is -2.18. The van der Waals surface area contributed by atoms with Crippen molar-refractivity contribution in [3.8, 4) is 22.4 Å². The third-order valence-corrected chi connectivity index (χ3v) is 7.77. The van der Waals surface area contributed by atoms with Crippen LogP contribution in [0.3, 0.4) is 0 Å². The molecule has 6 heteroatoms. The van der Waals surface area contributed by atoms with E-state index in [1.807, 2.05) is 12.3 Å². The van der Waals surface area contributed by atoms with E-state index in [4.69, 9.17) is 0 Å². The minimum atomic E-state index is -0.0183. The lowest BCUT2D eigenvalue weighted by Gasteiger charge is -2.12. The maximum absolute atomic E-state index is 12.9. The number of H-pyrrole nitrogens is 2. The third-order valence-electron chi connectivity index (χ3n) is 7.77. The molecule has 6 nitrogen and oxygen atoms in total. The summed E-state index contributed by atoms with van der Waals surface area (Å²) in [6.45, 7) is 2.07. The molecule has 3 aromatic carbocycles. The number of nitrogens with zero attached hydrogens (tertiary/aromatic N) is 1. The van der Waals surface area contributed by atoms with Crippen LogP contribution in [0.2, 0.25) is 0 Å². The number of imidazole rings is 1. The van der Waals surface area contributed by atoms with E-state index >= 15 is 0 Å². The fourth-order valence-corrected chi connectivity index (χ4v) is 5.77. The van der Waals surface area contributed by atoms with Crippen LogP contribution in [0.15, 0.2) is 71.7 Å². The summed E-state index contributed by atoms with van der Waals surface area (Å²) in [6, 6.07) is 21.9. The molecule has 4 heterocycles. The van der Waals surface area contributed by atoms with Gasteiger partial charge in [-0.1, -0.05) is 36.4 Å². The maximum atomic E-state index is 12.9. The summed E-state index contributed by atoms with van der Waals surface area (Å²) in [7, 11) is 0. The summed E-state index contributed by atoms with van der Waals surface area (Å²) in [5.74, 6) is 1.02. The quantitative estimate of drug-likeness (QED) is 0.273. The molecule has 0 bridgehead atoms. The molecule has 2 fully saturated rings. The molecule has 2 saturated heterocycles. The molecule has 2 aliphatic heterocycles. The smallest absolute Gasteiger partial charge is 0.256 e. The monoisotopic (exact) mass is 475 g/mol. The second-order valence-corrected chi connectivity index (χ2v) is 10.1. The molecule has 0 saturated carbocycles. The van der Waals surface area contributed by atoms with E-state index < -0.39 is 0 Å². The first kappa shape index (κ1) is 21.5. The number of hydrogen-bond donors (Lipinski definition) is 4. The number of aromatic nitrogens is 3. The standard InChI is InChI=1S/C30H29N5O/c36-30-24-15-21(7-9-22(24)16-27(35-30)25-3-1-11-31-25)19-5-6-20-14-23(10-8-18(20)13-19)28-17-33-29(34-28)26-4-2-12-32-26/h5-10,13-17,25-26,31-32H,1-4,11-12H2,(H,33,34)(H,35,36)/t25?,26-/m0/s1. The van der Waals surface area contributed by atoms with Gasteiger partial charge in [-0.3, -0.25) is 4.79 Å². The molecule has 1 unspecified atom stereocenters. The van der Waals surface area contributed by atoms with E-state index in [1.54, 1.807) is 0 Å². The van der Waals surface area contributed by atoms with Crippen LogP contribution in [0.25, 0.3) is 43.9 Å². The first-order valence-corrected chi connectivity index (χ1v) is 12.9. The normalized spacial score (nSPS) is 20.0. The first-order valence-electron chi connectivity index (χ1n) is 12.9. The SMILES string of the molecule is O=c1[nH]c(C2CCCN2)cc2ccc(-c3ccc4cc(-c5cnc([C@@H]6CCCN6)[nH]5)ccc4c3)cc12. The van der Waals surface area contributed by atoms with Crippen molar-refractivity contribution < 1.29 is 0 Å². The molecule has 2 aromatic heterocycles. The Kier molecular flexibility index (Phi) is 5.22. The molecule has 180 valence electrons. The lowest BCUT2D eigenvalue weighted by molar-refractivity contribution is 0.613. The van der Waals surface area contributed by atoms with E-state index in [0.717, 1.165) is 77.0 Å². The summed E-state index contributed by atoms with van der Waals surface area (Å²) < 4.78 is 0. The third kappa shape index (κ3) is 3.83. The Bertz CT molecular complexity index is 1640. The Hall–Kier alpha value is -3.74. The topological polar surface area (TPSA) is 85.6 Å². The lowest BCUT2D eigenvalue weighted by atomic mass is 9.97. The number of pyridine rings is 1. The molecule has 5 aromatic rings. The second kappa shape index (κ2) is 8.73. The van der Waals surface area contributed by atoms with Crippen molar-refractivity contribution in [3.63, 3.8) is 0 Å². The summed E-state index contributed by atoms with van der Waals surface area (Å²) in [4.78, 5) is 24.2. The van der Waals surface area contributed by atoms with Crippen LogP contribution in [0.5, 0.6) is 0 Å². The molecule has 2 aliphatic rings. The van der Waals surface area contributed by atoms with Crippen LogP contribution < -0.4 is 16.2 Å². The van der Waals surface area contributed by atoms with Gasteiger partial charge in [-0.25, -0.2) is 4.98 Å². The minimum Gasteiger partial charge on any atom is -0.341 e. The summed E-state index contributed by atoms with van der Waals surface area (Å²) >= 11 is 0. The highest BCUT2D eigenvalue weighted by Crippen LogP contribution is 2.31. The van der Waals surface area contributed by atoms with E-state index in [9.17, 15) is 4.79 Å². The molecule has 0 amide bonds. The van der Waals surface area contributed by atoms with Crippen molar-refractivity contribution in [1.29, 1.82) is 0 Å². The summed E-state index contributed by atoms with van der Waals surface area (Å²) in [5.41, 5.74) is 5.31. The summed E-state index contributed by atoms with van der Waals surface area (Å²) in [5, 5.41) is 11.0. The van der Waals surface area contributed by atoms with Crippen LogP contribution in [-0.2, 0) is 0 Å². The van der Waals surface area contributed by atoms with Crippen LogP contribution >= 0.6 is 0 Å². The number of nitrogens with one attached hydrogen (secondary N) is 4. The van der Waals surface area contributed by atoms with Gasteiger partial charge in [-0.05, 0) is 90.3 Å². The van der Waals surface area contributed by atoms with Crippen LogP contribution in [0.4, 0.5) is 0 Å². The van der Waals surface area contributed by atoms with Gasteiger partial charge in [0.2, 0.25) is 0 Å². The van der Waals surface area contributed by atoms with Crippen molar-refractivity contribution >= 4 is 21.5 Å². The van der Waals surface area contributed by atoms with Gasteiger partial charge in [0.25, 0.3) is 5.56 Å². The van der Waals surface area contributed by atoms with Gasteiger partial charge in [0.1, 0.15) is 5.82 Å². The number of hydrogen-bond acceptors (Lipinski definition) is 4. The van der Waals surface area contributed by atoms with Crippen LogP contribution in [0.1, 0.15) is 49.3 Å².